The highest BCUT2D eigenvalue weighted by Gasteiger charge is 2.32. The minimum atomic E-state index is 0. The first-order valence-corrected chi connectivity index (χ1v) is 10.5. The van der Waals surface area contributed by atoms with Gasteiger partial charge in [-0.1, -0.05) is 44.9 Å². The molecule has 150 valence electrons. The Bertz CT molecular complexity index is 459. The van der Waals surface area contributed by atoms with E-state index in [9.17, 15) is 4.79 Å². The summed E-state index contributed by atoms with van der Waals surface area (Å²) < 4.78 is 0. The van der Waals surface area contributed by atoms with E-state index in [1.807, 2.05) is 7.05 Å². The van der Waals surface area contributed by atoms with E-state index >= 15 is 0 Å². The van der Waals surface area contributed by atoms with Crippen LogP contribution in [0.1, 0.15) is 70.6 Å². The SMILES string of the molecule is CN=C(NCCC1CCCCC1)NC1CCN(C(=O)C2CCCC2)C1.I. The van der Waals surface area contributed by atoms with E-state index in [1.54, 1.807) is 0 Å². The van der Waals surface area contributed by atoms with Crippen molar-refractivity contribution < 1.29 is 4.79 Å². The lowest BCUT2D eigenvalue weighted by Crippen LogP contribution is -2.45. The zero-order valence-electron chi connectivity index (χ0n) is 16.3. The highest BCUT2D eigenvalue weighted by atomic mass is 127. The van der Waals surface area contributed by atoms with Gasteiger partial charge >= 0.3 is 0 Å². The number of likely N-dealkylation sites (tertiary alicyclic amines) is 1. The zero-order valence-corrected chi connectivity index (χ0v) is 18.7. The van der Waals surface area contributed by atoms with Crippen LogP contribution >= 0.6 is 24.0 Å². The van der Waals surface area contributed by atoms with Gasteiger partial charge in [-0.3, -0.25) is 9.79 Å². The van der Waals surface area contributed by atoms with Gasteiger partial charge in [-0.2, -0.15) is 0 Å². The molecule has 3 aliphatic rings. The maximum atomic E-state index is 12.5. The van der Waals surface area contributed by atoms with Crippen LogP contribution in [0.4, 0.5) is 0 Å². The molecule has 0 aromatic heterocycles. The van der Waals surface area contributed by atoms with Crippen LogP contribution in [0.5, 0.6) is 0 Å². The molecule has 0 aromatic rings. The molecule has 1 saturated heterocycles. The molecule has 6 heteroatoms. The lowest BCUT2D eigenvalue weighted by Gasteiger charge is -2.23. The first-order chi connectivity index (χ1) is 12.3. The molecule has 3 fully saturated rings. The molecule has 2 saturated carbocycles. The standard InChI is InChI=1S/C20H36N4O.HI/c1-21-20(22-13-11-16-7-3-2-4-8-16)23-18-12-14-24(15-18)19(25)17-9-5-6-10-17;/h16-18H,2-15H2,1H3,(H2,21,22,23);1H. The first-order valence-electron chi connectivity index (χ1n) is 10.5. The van der Waals surface area contributed by atoms with Crippen molar-refractivity contribution in [3.8, 4) is 0 Å². The van der Waals surface area contributed by atoms with E-state index in [1.165, 1.54) is 51.4 Å². The van der Waals surface area contributed by atoms with Crippen molar-refractivity contribution in [3.05, 3.63) is 0 Å². The van der Waals surface area contributed by atoms with Crippen LogP contribution in [0.15, 0.2) is 4.99 Å². The third-order valence-electron chi connectivity index (χ3n) is 6.34. The van der Waals surface area contributed by atoms with Gasteiger partial charge in [0.25, 0.3) is 0 Å². The smallest absolute Gasteiger partial charge is 0.225 e. The Morgan fingerprint density at radius 1 is 1.04 bits per heavy atom. The summed E-state index contributed by atoms with van der Waals surface area (Å²) in [4.78, 5) is 19.0. The zero-order chi connectivity index (χ0) is 17.5. The molecule has 3 rings (SSSR count). The van der Waals surface area contributed by atoms with Crippen molar-refractivity contribution in [1.29, 1.82) is 0 Å². The molecule has 0 bridgehead atoms. The van der Waals surface area contributed by atoms with Crippen LogP contribution in [-0.4, -0.2) is 49.5 Å². The highest BCUT2D eigenvalue weighted by molar-refractivity contribution is 14.0. The number of carbonyl (C=O) groups is 1. The molecule has 0 radical (unpaired) electrons. The summed E-state index contributed by atoms with van der Waals surface area (Å²) in [5.74, 6) is 2.48. The summed E-state index contributed by atoms with van der Waals surface area (Å²) >= 11 is 0. The molecule has 5 nitrogen and oxygen atoms in total. The third-order valence-corrected chi connectivity index (χ3v) is 6.34. The fourth-order valence-electron chi connectivity index (χ4n) is 4.77. The van der Waals surface area contributed by atoms with Gasteiger partial charge in [0.15, 0.2) is 5.96 Å². The Morgan fingerprint density at radius 3 is 2.42 bits per heavy atom. The van der Waals surface area contributed by atoms with Crippen molar-refractivity contribution in [1.82, 2.24) is 15.5 Å². The van der Waals surface area contributed by atoms with Crippen molar-refractivity contribution in [2.24, 2.45) is 16.8 Å². The second-order valence-electron chi connectivity index (χ2n) is 8.19. The van der Waals surface area contributed by atoms with Crippen LogP contribution in [0.3, 0.4) is 0 Å². The van der Waals surface area contributed by atoms with Crippen molar-refractivity contribution in [2.45, 2.75) is 76.7 Å². The molecule has 0 aromatic carbocycles. The molecule has 26 heavy (non-hydrogen) atoms. The Morgan fingerprint density at radius 2 is 1.73 bits per heavy atom. The topological polar surface area (TPSA) is 56.7 Å². The van der Waals surface area contributed by atoms with E-state index in [0.717, 1.165) is 50.8 Å². The van der Waals surface area contributed by atoms with Crippen LogP contribution in [0.25, 0.3) is 0 Å². The summed E-state index contributed by atoms with van der Waals surface area (Å²) in [6.07, 6.45) is 13.9. The number of nitrogens with zero attached hydrogens (tertiary/aromatic N) is 2. The first kappa shape index (κ1) is 21.8. The van der Waals surface area contributed by atoms with Gasteiger partial charge in [-0.15, -0.1) is 24.0 Å². The summed E-state index contributed by atoms with van der Waals surface area (Å²) in [5, 5.41) is 7.00. The van der Waals surface area contributed by atoms with Crippen LogP contribution in [-0.2, 0) is 4.79 Å². The largest absolute Gasteiger partial charge is 0.356 e. The summed E-state index contributed by atoms with van der Waals surface area (Å²) in [6.45, 7) is 2.73. The normalized spacial score (nSPS) is 25.2. The average Bonchev–Trinajstić information content (AvgIpc) is 3.33. The van der Waals surface area contributed by atoms with Crippen molar-refractivity contribution in [3.63, 3.8) is 0 Å². The summed E-state index contributed by atoms with van der Waals surface area (Å²) in [5.41, 5.74) is 0. The minimum absolute atomic E-state index is 0. The van der Waals surface area contributed by atoms with Gasteiger partial charge in [0, 0.05) is 38.6 Å². The van der Waals surface area contributed by atoms with Gasteiger partial charge in [0.2, 0.25) is 5.91 Å². The molecule has 2 N–H and O–H groups in total. The number of amides is 1. The van der Waals surface area contributed by atoms with E-state index in [2.05, 4.69) is 20.5 Å². The van der Waals surface area contributed by atoms with E-state index in [0.29, 0.717) is 17.9 Å². The van der Waals surface area contributed by atoms with Crippen LogP contribution in [0, 0.1) is 11.8 Å². The maximum Gasteiger partial charge on any atom is 0.225 e. The fraction of sp³-hybridized carbons (Fsp3) is 0.900. The van der Waals surface area contributed by atoms with E-state index in [4.69, 9.17) is 0 Å². The maximum absolute atomic E-state index is 12.5. The summed E-state index contributed by atoms with van der Waals surface area (Å²) in [6, 6.07) is 0.339. The molecule has 1 atom stereocenters. The summed E-state index contributed by atoms with van der Waals surface area (Å²) in [7, 11) is 1.84. The van der Waals surface area contributed by atoms with E-state index in [-0.39, 0.29) is 24.0 Å². The average molecular weight is 476 g/mol. The molecular weight excluding hydrogens is 439 g/mol. The van der Waals surface area contributed by atoms with Crippen molar-refractivity contribution >= 4 is 35.8 Å². The van der Waals surface area contributed by atoms with Gasteiger partial charge < -0.3 is 15.5 Å². The number of aliphatic imine (C=N–C) groups is 1. The second-order valence-corrected chi connectivity index (χ2v) is 8.19. The van der Waals surface area contributed by atoms with Crippen LogP contribution < -0.4 is 10.6 Å². The third kappa shape index (κ3) is 6.27. The van der Waals surface area contributed by atoms with Gasteiger partial charge in [0.05, 0.1) is 0 Å². The molecule has 0 spiro atoms. The molecular formula is C20H37IN4O. The lowest BCUT2D eigenvalue weighted by atomic mass is 9.87. The lowest BCUT2D eigenvalue weighted by molar-refractivity contribution is -0.134. The number of nitrogens with one attached hydrogen (secondary N) is 2. The quantitative estimate of drug-likeness (QED) is 0.363. The minimum Gasteiger partial charge on any atom is -0.356 e. The molecule has 1 unspecified atom stereocenters. The van der Waals surface area contributed by atoms with Crippen molar-refractivity contribution in [2.75, 3.05) is 26.7 Å². The Kier molecular flexibility index (Phi) is 9.50. The van der Waals surface area contributed by atoms with Gasteiger partial charge in [-0.25, -0.2) is 0 Å². The predicted molar refractivity (Wildman–Crippen MR) is 118 cm³/mol. The fourth-order valence-corrected chi connectivity index (χ4v) is 4.77. The molecule has 1 amide bonds. The molecule has 2 aliphatic carbocycles. The number of carbonyl (C=O) groups excluding carboxylic acids is 1. The number of hydrogen-bond donors (Lipinski definition) is 2. The Labute approximate surface area is 176 Å². The van der Waals surface area contributed by atoms with Crippen LogP contribution in [0.2, 0.25) is 0 Å². The van der Waals surface area contributed by atoms with Gasteiger partial charge in [0.1, 0.15) is 0 Å². The molecule has 1 aliphatic heterocycles. The molecule has 1 heterocycles. The van der Waals surface area contributed by atoms with E-state index < -0.39 is 0 Å². The number of guanidine groups is 1. The van der Waals surface area contributed by atoms with Gasteiger partial charge in [-0.05, 0) is 31.6 Å². The second kappa shape index (κ2) is 11.3. The highest BCUT2D eigenvalue weighted by Crippen LogP contribution is 2.28. The number of rotatable bonds is 5. The Balaban J connectivity index is 0.00000243. The number of halogens is 1. The monoisotopic (exact) mass is 476 g/mol. The predicted octanol–water partition coefficient (Wildman–Crippen LogP) is 3.53. The Hall–Kier alpha value is -0.530. The number of hydrogen-bond acceptors (Lipinski definition) is 2.